The van der Waals surface area contributed by atoms with Crippen molar-refractivity contribution in [2.24, 2.45) is 0 Å². The Morgan fingerprint density at radius 3 is 3.08 bits per heavy atom. The van der Waals surface area contributed by atoms with E-state index in [-0.39, 0.29) is 11.1 Å². The molecule has 0 fully saturated rings. The van der Waals surface area contributed by atoms with Crippen LogP contribution >= 0.6 is 11.3 Å². The lowest BCUT2D eigenvalue weighted by atomic mass is 10.1. The maximum absolute atomic E-state index is 12.7. The van der Waals surface area contributed by atoms with E-state index in [0.29, 0.717) is 23.8 Å². The second kappa shape index (κ2) is 6.54. The molecule has 3 heterocycles. The molecule has 1 aliphatic heterocycles. The minimum atomic E-state index is -0.470. The van der Waals surface area contributed by atoms with Crippen LogP contribution in [0.15, 0.2) is 29.2 Å². The largest absolute Gasteiger partial charge is 0.492 e. The normalized spacial score (nSPS) is 13.8. The number of nitrogens with one attached hydrogen (secondary N) is 2. The molecule has 26 heavy (non-hydrogen) atoms. The molecule has 8 heteroatoms. The third-order valence-electron chi connectivity index (χ3n) is 4.43. The lowest BCUT2D eigenvalue weighted by Gasteiger charge is -2.10. The molecule has 0 saturated carbocycles. The Labute approximate surface area is 153 Å². The first-order valence-electron chi connectivity index (χ1n) is 8.30. The number of thiazole rings is 1. The molecule has 0 saturated heterocycles. The molecule has 1 aliphatic rings. The van der Waals surface area contributed by atoms with Crippen LogP contribution in [0.5, 0.6) is 5.75 Å². The summed E-state index contributed by atoms with van der Waals surface area (Å²) in [7, 11) is 0. The number of anilines is 1. The Balaban J connectivity index is 1.66. The highest BCUT2D eigenvalue weighted by molar-refractivity contribution is 7.17. The molecule has 3 aromatic rings. The molecule has 4 rings (SSSR count). The van der Waals surface area contributed by atoms with Crippen LogP contribution in [0.1, 0.15) is 26.5 Å². The van der Waals surface area contributed by atoms with Crippen LogP contribution in [0.3, 0.4) is 0 Å². The quantitative estimate of drug-likeness (QED) is 0.722. The van der Waals surface area contributed by atoms with Crippen molar-refractivity contribution in [2.45, 2.75) is 20.4 Å². The van der Waals surface area contributed by atoms with Gasteiger partial charge in [0.15, 0.2) is 4.96 Å². The third-order valence-corrected chi connectivity index (χ3v) is 5.51. The highest BCUT2D eigenvalue weighted by Crippen LogP contribution is 2.24. The number of carbonyl (C=O) groups excluding carboxylic acids is 1. The summed E-state index contributed by atoms with van der Waals surface area (Å²) in [6.07, 6.45) is 1.34. The van der Waals surface area contributed by atoms with E-state index in [4.69, 9.17) is 4.74 Å². The number of aryl methyl sites for hydroxylation is 2. The Bertz CT molecular complexity index is 1070. The van der Waals surface area contributed by atoms with Crippen molar-refractivity contribution < 1.29 is 9.53 Å². The fourth-order valence-corrected chi connectivity index (χ4v) is 3.85. The average Bonchev–Trinajstić information content (AvgIpc) is 2.79. The van der Waals surface area contributed by atoms with E-state index in [2.05, 4.69) is 15.6 Å². The maximum atomic E-state index is 12.7. The average molecular weight is 370 g/mol. The fraction of sp³-hybridized carbons (Fsp3) is 0.278. The molecule has 0 aliphatic carbocycles. The SMILES string of the molecule is Cc1sc2ncc(C(=O)Nc3ccc4c(c3)CNCCO4)c(=O)n2c1C. The fourth-order valence-electron chi connectivity index (χ4n) is 2.92. The first-order valence-corrected chi connectivity index (χ1v) is 9.12. The van der Waals surface area contributed by atoms with E-state index in [1.807, 2.05) is 26.0 Å². The number of fused-ring (bicyclic) bond motifs is 2. The summed E-state index contributed by atoms with van der Waals surface area (Å²) in [5.41, 5.74) is 2.06. The molecular weight excluding hydrogens is 352 g/mol. The van der Waals surface area contributed by atoms with Crippen LogP contribution in [0.25, 0.3) is 4.96 Å². The molecule has 2 N–H and O–H groups in total. The summed E-state index contributed by atoms with van der Waals surface area (Å²) in [5, 5.41) is 6.04. The van der Waals surface area contributed by atoms with Gasteiger partial charge in [-0.2, -0.15) is 0 Å². The molecule has 0 radical (unpaired) electrons. The van der Waals surface area contributed by atoms with E-state index >= 15 is 0 Å². The number of aromatic nitrogens is 2. The van der Waals surface area contributed by atoms with Crippen molar-refractivity contribution in [3.05, 3.63) is 56.4 Å². The van der Waals surface area contributed by atoms with Crippen molar-refractivity contribution in [2.75, 3.05) is 18.5 Å². The van der Waals surface area contributed by atoms with Crippen molar-refractivity contribution >= 4 is 27.9 Å². The van der Waals surface area contributed by atoms with Crippen LogP contribution in [-0.4, -0.2) is 28.4 Å². The second-order valence-corrected chi connectivity index (χ2v) is 7.32. The highest BCUT2D eigenvalue weighted by Gasteiger charge is 2.17. The summed E-state index contributed by atoms with van der Waals surface area (Å²) < 4.78 is 7.13. The zero-order valence-corrected chi connectivity index (χ0v) is 15.3. The van der Waals surface area contributed by atoms with Gasteiger partial charge in [0.2, 0.25) is 0 Å². The molecular formula is C18H18N4O3S. The van der Waals surface area contributed by atoms with Gasteiger partial charge in [0.25, 0.3) is 11.5 Å². The predicted octanol–water partition coefficient (Wildman–Crippen LogP) is 2.11. The lowest BCUT2D eigenvalue weighted by molar-refractivity contribution is 0.102. The number of carbonyl (C=O) groups is 1. The van der Waals surface area contributed by atoms with E-state index < -0.39 is 5.91 Å². The van der Waals surface area contributed by atoms with E-state index in [9.17, 15) is 9.59 Å². The van der Waals surface area contributed by atoms with Crippen molar-refractivity contribution in [3.8, 4) is 5.75 Å². The molecule has 0 unspecified atom stereocenters. The Hall–Kier alpha value is -2.71. The first kappa shape index (κ1) is 16.7. The molecule has 1 amide bonds. The first-order chi connectivity index (χ1) is 12.5. The van der Waals surface area contributed by atoms with Gasteiger partial charge in [0.1, 0.15) is 17.9 Å². The predicted molar refractivity (Wildman–Crippen MR) is 100 cm³/mol. The van der Waals surface area contributed by atoms with Crippen molar-refractivity contribution in [3.63, 3.8) is 0 Å². The van der Waals surface area contributed by atoms with Gasteiger partial charge in [-0.3, -0.25) is 14.0 Å². The van der Waals surface area contributed by atoms with Gasteiger partial charge in [-0.15, -0.1) is 11.3 Å². The van der Waals surface area contributed by atoms with E-state index in [0.717, 1.165) is 28.4 Å². The van der Waals surface area contributed by atoms with Crippen LogP contribution in [0.2, 0.25) is 0 Å². The third kappa shape index (κ3) is 2.87. The number of benzene rings is 1. The standard InChI is InChI=1S/C18H18N4O3S/c1-10-11(2)26-18-20-9-14(17(24)22(10)18)16(23)21-13-3-4-15-12(7-13)8-19-5-6-25-15/h3-4,7,9,19H,5-6,8H2,1-2H3,(H,21,23). The zero-order valence-electron chi connectivity index (χ0n) is 14.5. The van der Waals surface area contributed by atoms with Crippen LogP contribution in [-0.2, 0) is 6.54 Å². The van der Waals surface area contributed by atoms with Gasteiger partial charge in [-0.1, -0.05) is 0 Å². The van der Waals surface area contributed by atoms with Crippen LogP contribution in [0.4, 0.5) is 5.69 Å². The summed E-state index contributed by atoms with van der Waals surface area (Å²) in [6.45, 7) is 5.84. The summed E-state index contributed by atoms with van der Waals surface area (Å²) in [6, 6.07) is 5.46. The Morgan fingerprint density at radius 1 is 1.38 bits per heavy atom. The summed E-state index contributed by atoms with van der Waals surface area (Å²) >= 11 is 1.43. The zero-order chi connectivity index (χ0) is 18.3. The number of rotatable bonds is 2. The van der Waals surface area contributed by atoms with Gasteiger partial charge in [0.05, 0.1) is 0 Å². The topological polar surface area (TPSA) is 84.7 Å². The monoisotopic (exact) mass is 370 g/mol. The number of hydrogen-bond donors (Lipinski definition) is 2. The number of ether oxygens (including phenoxy) is 1. The van der Waals surface area contributed by atoms with E-state index in [1.165, 1.54) is 21.9 Å². The summed E-state index contributed by atoms with van der Waals surface area (Å²) in [4.78, 5) is 31.2. The molecule has 0 bridgehead atoms. The minimum absolute atomic E-state index is 0.0210. The second-order valence-electron chi connectivity index (χ2n) is 6.14. The van der Waals surface area contributed by atoms with Gasteiger partial charge >= 0.3 is 0 Å². The smallest absolute Gasteiger partial charge is 0.271 e. The highest BCUT2D eigenvalue weighted by atomic mass is 32.1. The molecule has 0 spiro atoms. The minimum Gasteiger partial charge on any atom is -0.492 e. The van der Waals surface area contributed by atoms with E-state index in [1.54, 1.807) is 6.07 Å². The molecule has 2 aromatic heterocycles. The van der Waals surface area contributed by atoms with Gasteiger partial charge < -0.3 is 15.4 Å². The van der Waals surface area contributed by atoms with Crippen LogP contribution in [0, 0.1) is 13.8 Å². The molecule has 1 aromatic carbocycles. The number of nitrogens with zero attached hydrogens (tertiary/aromatic N) is 2. The van der Waals surface area contributed by atoms with Crippen LogP contribution < -0.4 is 20.9 Å². The van der Waals surface area contributed by atoms with Crippen molar-refractivity contribution in [1.82, 2.24) is 14.7 Å². The Kier molecular flexibility index (Phi) is 4.21. The van der Waals surface area contributed by atoms with Gasteiger partial charge in [0, 0.05) is 41.1 Å². The van der Waals surface area contributed by atoms with Crippen molar-refractivity contribution in [1.29, 1.82) is 0 Å². The number of hydrogen-bond acceptors (Lipinski definition) is 6. The van der Waals surface area contributed by atoms with Gasteiger partial charge in [-0.05, 0) is 32.0 Å². The number of amides is 1. The molecule has 134 valence electrons. The molecule has 7 nitrogen and oxygen atoms in total. The summed E-state index contributed by atoms with van der Waals surface area (Å²) in [5.74, 6) is 0.336. The molecule has 0 atom stereocenters. The Morgan fingerprint density at radius 2 is 2.23 bits per heavy atom. The maximum Gasteiger partial charge on any atom is 0.271 e. The van der Waals surface area contributed by atoms with Gasteiger partial charge in [-0.25, -0.2) is 4.98 Å². The lowest BCUT2D eigenvalue weighted by Crippen LogP contribution is -2.26.